The Labute approximate surface area is 124 Å². The molecule has 1 N–H and O–H groups in total. The third kappa shape index (κ3) is 3.03. The molecule has 1 aliphatic rings. The quantitative estimate of drug-likeness (QED) is 0.887. The molecule has 112 valence electrons. The summed E-state index contributed by atoms with van der Waals surface area (Å²) in [5.74, 6) is 2.68. The predicted octanol–water partition coefficient (Wildman–Crippen LogP) is 2.66. The number of imidazole rings is 1. The fourth-order valence-corrected chi connectivity index (χ4v) is 2.53. The largest absolute Gasteiger partial charge is 0.454 e. The van der Waals surface area contributed by atoms with Crippen molar-refractivity contribution in [3.05, 3.63) is 42.0 Å². The van der Waals surface area contributed by atoms with E-state index in [2.05, 4.69) is 33.9 Å². The molecule has 2 heterocycles. The average molecular weight is 287 g/mol. The van der Waals surface area contributed by atoms with Gasteiger partial charge in [0.15, 0.2) is 11.5 Å². The maximum absolute atomic E-state index is 5.48. The average Bonchev–Trinajstić information content (AvgIpc) is 3.11. The molecule has 5 nitrogen and oxygen atoms in total. The molecular weight excluding hydrogens is 266 g/mol. The summed E-state index contributed by atoms with van der Waals surface area (Å²) in [6.07, 6.45) is 4.96. The van der Waals surface area contributed by atoms with E-state index >= 15 is 0 Å². The number of ether oxygens (including phenoxy) is 2. The van der Waals surface area contributed by atoms with E-state index in [1.54, 1.807) is 0 Å². The third-order valence-electron chi connectivity index (χ3n) is 3.74. The molecule has 3 rings (SSSR count). The van der Waals surface area contributed by atoms with Gasteiger partial charge < -0.3 is 19.4 Å². The zero-order valence-electron chi connectivity index (χ0n) is 12.5. The number of rotatable bonds is 6. The Balaban J connectivity index is 1.83. The van der Waals surface area contributed by atoms with Crippen molar-refractivity contribution in [2.75, 3.05) is 13.3 Å². The van der Waals surface area contributed by atoms with E-state index in [1.807, 2.05) is 25.4 Å². The Hall–Kier alpha value is -2.01. The highest BCUT2D eigenvalue weighted by Crippen LogP contribution is 2.34. The second kappa shape index (κ2) is 6.18. The zero-order chi connectivity index (χ0) is 14.7. The number of fused-ring (bicyclic) bond motifs is 1. The number of aromatic nitrogens is 2. The van der Waals surface area contributed by atoms with Gasteiger partial charge in [-0.1, -0.05) is 13.0 Å². The van der Waals surface area contributed by atoms with E-state index < -0.39 is 0 Å². The van der Waals surface area contributed by atoms with E-state index in [1.165, 1.54) is 5.56 Å². The number of aryl methyl sites for hydroxylation is 1. The van der Waals surface area contributed by atoms with Crippen LogP contribution in [0.1, 0.15) is 30.8 Å². The number of nitrogens with one attached hydrogen (secondary N) is 1. The topological polar surface area (TPSA) is 48.3 Å². The van der Waals surface area contributed by atoms with Crippen LogP contribution in [0.2, 0.25) is 0 Å². The lowest BCUT2D eigenvalue weighted by Crippen LogP contribution is -2.26. The Morgan fingerprint density at radius 2 is 2.19 bits per heavy atom. The fraction of sp³-hybridized carbons (Fsp3) is 0.438. The predicted molar refractivity (Wildman–Crippen MR) is 80.6 cm³/mol. The number of nitrogens with zero attached hydrogens (tertiary/aromatic N) is 2. The molecular formula is C16H21N3O2. The lowest BCUT2D eigenvalue weighted by Gasteiger charge is -2.20. The van der Waals surface area contributed by atoms with Gasteiger partial charge in [0.2, 0.25) is 6.79 Å². The molecule has 0 fully saturated rings. The third-order valence-corrected chi connectivity index (χ3v) is 3.74. The maximum Gasteiger partial charge on any atom is 0.231 e. The molecule has 0 saturated carbocycles. The molecule has 0 saturated heterocycles. The molecule has 1 aromatic carbocycles. The molecule has 1 unspecified atom stereocenters. The van der Waals surface area contributed by atoms with Crippen molar-refractivity contribution >= 4 is 0 Å². The van der Waals surface area contributed by atoms with Crippen LogP contribution in [0.25, 0.3) is 0 Å². The lowest BCUT2D eigenvalue weighted by atomic mass is 10.1. The minimum Gasteiger partial charge on any atom is -0.454 e. The minimum absolute atomic E-state index is 0.229. The van der Waals surface area contributed by atoms with Crippen molar-refractivity contribution in [1.29, 1.82) is 0 Å². The van der Waals surface area contributed by atoms with Gasteiger partial charge in [0.25, 0.3) is 0 Å². The summed E-state index contributed by atoms with van der Waals surface area (Å²) in [5.41, 5.74) is 1.21. The molecule has 0 aliphatic carbocycles. The smallest absolute Gasteiger partial charge is 0.231 e. The van der Waals surface area contributed by atoms with Gasteiger partial charge in [-0.15, -0.1) is 0 Å². The minimum atomic E-state index is 0.229. The summed E-state index contributed by atoms with van der Waals surface area (Å²) >= 11 is 0. The molecule has 21 heavy (non-hydrogen) atoms. The first kappa shape index (κ1) is 13.9. The Morgan fingerprint density at radius 3 is 2.95 bits per heavy atom. The van der Waals surface area contributed by atoms with Crippen LogP contribution in [0.4, 0.5) is 0 Å². The van der Waals surface area contributed by atoms with E-state index in [-0.39, 0.29) is 6.04 Å². The number of hydrogen-bond acceptors (Lipinski definition) is 4. The van der Waals surface area contributed by atoms with E-state index in [0.717, 1.165) is 36.8 Å². The summed E-state index contributed by atoms with van der Waals surface area (Å²) in [6, 6.07) is 6.39. The van der Waals surface area contributed by atoms with Gasteiger partial charge in [-0.2, -0.15) is 0 Å². The van der Waals surface area contributed by atoms with Crippen LogP contribution in [0, 0.1) is 6.92 Å². The van der Waals surface area contributed by atoms with Gasteiger partial charge in [-0.3, -0.25) is 0 Å². The first-order valence-electron chi connectivity index (χ1n) is 7.38. The van der Waals surface area contributed by atoms with Crippen molar-refractivity contribution in [3.8, 4) is 11.5 Å². The van der Waals surface area contributed by atoms with Gasteiger partial charge >= 0.3 is 0 Å². The van der Waals surface area contributed by atoms with Crippen LogP contribution < -0.4 is 14.8 Å². The molecule has 0 radical (unpaired) electrons. The standard InChI is InChI=1S/C16H21N3O2/c1-3-6-18-14(10-19-8-7-17-12(19)2)13-4-5-15-16(9-13)21-11-20-15/h4-5,7-9,14,18H,3,6,10-11H2,1-2H3. The normalized spacial score (nSPS) is 14.4. The summed E-state index contributed by atoms with van der Waals surface area (Å²) in [6.45, 7) is 6.34. The number of benzene rings is 1. The van der Waals surface area contributed by atoms with Crippen LogP contribution in [-0.4, -0.2) is 22.9 Å². The maximum atomic E-state index is 5.48. The van der Waals surface area contributed by atoms with Crippen molar-refractivity contribution in [2.45, 2.75) is 32.9 Å². The summed E-state index contributed by atoms with van der Waals surface area (Å²) in [5, 5.41) is 3.60. The summed E-state index contributed by atoms with van der Waals surface area (Å²) in [4.78, 5) is 4.29. The zero-order valence-corrected chi connectivity index (χ0v) is 12.5. The first-order valence-corrected chi connectivity index (χ1v) is 7.38. The van der Waals surface area contributed by atoms with Crippen molar-refractivity contribution in [3.63, 3.8) is 0 Å². The molecule has 1 atom stereocenters. The molecule has 5 heteroatoms. The van der Waals surface area contributed by atoms with Crippen LogP contribution >= 0.6 is 0 Å². The van der Waals surface area contributed by atoms with Gasteiger partial charge in [-0.25, -0.2) is 4.98 Å². The van der Waals surface area contributed by atoms with Gasteiger partial charge in [0.1, 0.15) is 5.82 Å². The van der Waals surface area contributed by atoms with Gasteiger partial charge in [0.05, 0.1) is 6.04 Å². The molecule has 0 spiro atoms. The number of hydrogen-bond donors (Lipinski definition) is 1. The van der Waals surface area contributed by atoms with Gasteiger partial charge in [-0.05, 0) is 37.6 Å². The highest BCUT2D eigenvalue weighted by atomic mass is 16.7. The van der Waals surface area contributed by atoms with Gasteiger partial charge in [0, 0.05) is 18.9 Å². The molecule has 0 amide bonds. The molecule has 1 aromatic heterocycles. The SMILES string of the molecule is CCCNC(Cn1ccnc1C)c1ccc2c(c1)OCO2. The van der Waals surface area contributed by atoms with Crippen molar-refractivity contribution in [2.24, 2.45) is 0 Å². The van der Waals surface area contributed by atoms with Crippen molar-refractivity contribution in [1.82, 2.24) is 14.9 Å². The van der Waals surface area contributed by atoms with E-state index in [4.69, 9.17) is 9.47 Å². The van der Waals surface area contributed by atoms with Crippen molar-refractivity contribution < 1.29 is 9.47 Å². The Morgan fingerprint density at radius 1 is 1.33 bits per heavy atom. The highest BCUT2D eigenvalue weighted by Gasteiger charge is 2.18. The summed E-state index contributed by atoms with van der Waals surface area (Å²) in [7, 11) is 0. The first-order chi connectivity index (χ1) is 10.3. The fourth-order valence-electron chi connectivity index (χ4n) is 2.53. The Bertz CT molecular complexity index is 609. The van der Waals surface area contributed by atoms with Crippen LogP contribution in [0.3, 0.4) is 0 Å². The van der Waals surface area contributed by atoms with Crippen LogP contribution in [0.5, 0.6) is 11.5 Å². The highest BCUT2D eigenvalue weighted by molar-refractivity contribution is 5.45. The van der Waals surface area contributed by atoms with E-state index in [0.29, 0.717) is 6.79 Å². The molecule has 0 bridgehead atoms. The summed E-state index contributed by atoms with van der Waals surface area (Å²) < 4.78 is 13.0. The second-order valence-electron chi connectivity index (χ2n) is 5.25. The second-order valence-corrected chi connectivity index (χ2v) is 5.25. The van der Waals surface area contributed by atoms with Crippen LogP contribution in [0.15, 0.2) is 30.6 Å². The lowest BCUT2D eigenvalue weighted by molar-refractivity contribution is 0.174. The van der Waals surface area contributed by atoms with Crippen LogP contribution in [-0.2, 0) is 6.54 Å². The molecule has 2 aromatic rings. The monoisotopic (exact) mass is 287 g/mol. The van der Waals surface area contributed by atoms with E-state index in [9.17, 15) is 0 Å². The Kier molecular flexibility index (Phi) is 4.10. The molecule has 1 aliphatic heterocycles.